The van der Waals surface area contributed by atoms with Crippen LogP contribution in [0.1, 0.15) is 21.6 Å². The minimum Gasteiger partial charge on any atom is -0.322 e. The Hall–Kier alpha value is -2.92. The van der Waals surface area contributed by atoms with Crippen molar-refractivity contribution >= 4 is 27.9 Å². The molecule has 1 amide bonds. The van der Waals surface area contributed by atoms with Crippen molar-refractivity contribution in [3.63, 3.8) is 0 Å². The zero-order chi connectivity index (χ0) is 17.4. The number of imidazole rings is 1. The largest absolute Gasteiger partial charge is 0.322 e. The van der Waals surface area contributed by atoms with Gasteiger partial charge in [0.1, 0.15) is 0 Å². The van der Waals surface area contributed by atoms with Gasteiger partial charge in [0.25, 0.3) is 5.91 Å². The molecule has 4 nitrogen and oxygen atoms in total. The fourth-order valence-electron chi connectivity index (χ4n) is 2.78. The van der Waals surface area contributed by atoms with Crippen molar-refractivity contribution in [3.05, 3.63) is 76.9 Å². The molecular formula is C20H17N3OS. The molecule has 2 heterocycles. The zero-order valence-electron chi connectivity index (χ0n) is 14.0. The van der Waals surface area contributed by atoms with Crippen LogP contribution in [0.25, 0.3) is 16.2 Å². The molecule has 2 aromatic heterocycles. The van der Waals surface area contributed by atoms with Crippen LogP contribution >= 0.6 is 11.3 Å². The van der Waals surface area contributed by atoms with E-state index in [-0.39, 0.29) is 5.91 Å². The van der Waals surface area contributed by atoms with E-state index in [0.717, 1.165) is 27.5 Å². The molecule has 0 fully saturated rings. The van der Waals surface area contributed by atoms with Crippen molar-refractivity contribution in [2.45, 2.75) is 13.8 Å². The van der Waals surface area contributed by atoms with Crippen LogP contribution in [0.3, 0.4) is 0 Å². The lowest BCUT2D eigenvalue weighted by molar-refractivity contribution is 0.102. The standard InChI is InChI=1S/C20H17N3OS/c1-13-5-3-7-16(9-13)19(24)21-17-8-4-6-15(10-17)18-11-23-14(2)12-25-20(23)22-18/h3-12H,1-2H3,(H,21,24). The van der Waals surface area contributed by atoms with Gasteiger partial charge in [0.2, 0.25) is 0 Å². The van der Waals surface area contributed by atoms with Crippen LogP contribution < -0.4 is 5.32 Å². The number of hydrogen-bond acceptors (Lipinski definition) is 3. The molecule has 0 spiro atoms. The molecule has 0 aliphatic carbocycles. The van der Waals surface area contributed by atoms with Gasteiger partial charge in [-0.15, -0.1) is 11.3 Å². The number of benzene rings is 2. The van der Waals surface area contributed by atoms with Crippen LogP contribution in [0.15, 0.2) is 60.1 Å². The average molecular weight is 347 g/mol. The fourth-order valence-corrected chi connectivity index (χ4v) is 3.63. The molecule has 0 aliphatic rings. The summed E-state index contributed by atoms with van der Waals surface area (Å²) in [5.41, 5.74) is 5.54. The van der Waals surface area contributed by atoms with Gasteiger partial charge in [0, 0.05) is 34.1 Å². The maximum atomic E-state index is 12.4. The van der Waals surface area contributed by atoms with E-state index in [1.807, 2.05) is 61.7 Å². The van der Waals surface area contributed by atoms with Crippen LogP contribution in [0.5, 0.6) is 0 Å². The molecule has 124 valence electrons. The Kier molecular flexibility index (Phi) is 3.86. The Balaban J connectivity index is 1.61. The number of hydrogen-bond donors (Lipinski definition) is 1. The third-order valence-electron chi connectivity index (χ3n) is 4.08. The van der Waals surface area contributed by atoms with Gasteiger partial charge in [-0.25, -0.2) is 4.98 Å². The smallest absolute Gasteiger partial charge is 0.255 e. The van der Waals surface area contributed by atoms with Crippen LogP contribution in [-0.2, 0) is 0 Å². The number of amides is 1. The number of nitrogens with zero attached hydrogens (tertiary/aromatic N) is 2. The Labute approximate surface area is 149 Å². The van der Waals surface area contributed by atoms with Gasteiger partial charge >= 0.3 is 0 Å². The number of aryl methyl sites for hydroxylation is 2. The Bertz CT molecular complexity index is 1080. The fraction of sp³-hybridized carbons (Fsp3) is 0.100. The lowest BCUT2D eigenvalue weighted by Gasteiger charge is -2.07. The van der Waals surface area contributed by atoms with E-state index in [0.29, 0.717) is 5.56 Å². The summed E-state index contributed by atoms with van der Waals surface area (Å²) in [6.45, 7) is 4.04. The van der Waals surface area contributed by atoms with E-state index in [2.05, 4.69) is 27.0 Å². The van der Waals surface area contributed by atoms with Crippen molar-refractivity contribution in [1.29, 1.82) is 0 Å². The molecular weight excluding hydrogens is 330 g/mol. The second-order valence-corrected chi connectivity index (χ2v) is 6.90. The Morgan fingerprint density at radius 2 is 1.96 bits per heavy atom. The molecule has 4 rings (SSSR count). The summed E-state index contributed by atoms with van der Waals surface area (Å²) >= 11 is 1.63. The maximum Gasteiger partial charge on any atom is 0.255 e. The van der Waals surface area contributed by atoms with Crippen molar-refractivity contribution in [3.8, 4) is 11.3 Å². The number of anilines is 1. The van der Waals surface area contributed by atoms with E-state index in [4.69, 9.17) is 0 Å². The normalized spacial score (nSPS) is 11.0. The lowest BCUT2D eigenvalue weighted by Crippen LogP contribution is -2.11. The second-order valence-electron chi connectivity index (χ2n) is 6.06. The highest BCUT2D eigenvalue weighted by Crippen LogP contribution is 2.25. The molecule has 25 heavy (non-hydrogen) atoms. The van der Waals surface area contributed by atoms with Gasteiger partial charge in [-0.3, -0.25) is 9.20 Å². The van der Waals surface area contributed by atoms with Crippen LogP contribution in [0.4, 0.5) is 5.69 Å². The van der Waals surface area contributed by atoms with E-state index < -0.39 is 0 Å². The van der Waals surface area contributed by atoms with Gasteiger partial charge in [-0.1, -0.05) is 29.8 Å². The molecule has 5 heteroatoms. The highest BCUT2D eigenvalue weighted by Gasteiger charge is 2.10. The lowest BCUT2D eigenvalue weighted by atomic mass is 10.1. The van der Waals surface area contributed by atoms with E-state index >= 15 is 0 Å². The van der Waals surface area contributed by atoms with Crippen LogP contribution in [0.2, 0.25) is 0 Å². The summed E-state index contributed by atoms with van der Waals surface area (Å²) in [5.74, 6) is -0.109. The quantitative estimate of drug-likeness (QED) is 0.571. The summed E-state index contributed by atoms with van der Waals surface area (Å²) in [6.07, 6.45) is 2.03. The summed E-state index contributed by atoms with van der Waals surface area (Å²) in [4.78, 5) is 18.1. The number of carbonyl (C=O) groups excluding carboxylic acids is 1. The predicted octanol–water partition coefficient (Wildman–Crippen LogP) is 4.93. The molecule has 0 atom stereocenters. The minimum absolute atomic E-state index is 0.109. The van der Waals surface area contributed by atoms with Gasteiger partial charge in [-0.05, 0) is 38.1 Å². The molecule has 2 aromatic carbocycles. The summed E-state index contributed by atoms with van der Waals surface area (Å²) in [6, 6.07) is 15.3. The first-order chi connectivity index (χ1) is 12.1. The first-order valence-electron chi connectivity index (χ1n) is 8.02. The molecule has 0 bridgehead atoms. The number of thiazole rings is 1. The third kappa shape index (κ3) is 3.06. The van der Waals surface area contributed by atoms with E-state index in [1.165, 1.54) is 5.69 Å². The van der Waals surface area contributed by atoms with Crippen LogP contribution in [-0.4, -0.2) is 15.3 Å². The van der Waals surface area contributed by atoms with Gasteiger partial charge in [0.05, 0.1) is 5.69 Å². The maximum absolute atomic E-state index is 12.4. The van der Waals surface area contributed by atoms with E-state index in [1.54, 1.807) is 11.3 Å². The monoisotopic (exact) mass is 347 g/mol. The number of nitrogens with one attached hydrogen (secondary N) is 1. The topological polar surface area (TPSA) is 46.4 Å². The highest BCUT2D eigenvalue weighted by atomic mass is 32.1. The number of rotatable bonds is 3. The summed E-state index contributed by atoms with van der Waals surface area (Å²) in [7, 11) is 0. The average Bonchev–Trinajstić information content (AvgIpc) is 3.17. The number of aromatic nitrogens is 2. The van der Waals surface area contributed by atoms with Crippen molar-refractivity contribution in [1.82, 2.24) is 9.38 Å². The third-order valence-corrected chi connectivity index (χ3v) is 5.04. The van der Waals surface area contributed by atoms with Crippen molar-refractivity contribution in [2.75, 3.05) is 5.32 Å². The first-order valence-corrected chi connectivity index (χ1v) is 8.90. The van der Waals surface area contributed by atoms with Gasteiger partial charge in [0.15, 0.2) is 4.96 Å². The van der Waals surface area contributed by atoms with E-state index in [9.17, 15) is 4.79 Å². The van der Waals surface area contributed by atoms with Crippen LogP contribution in [0, 0.1) is 13.8 Å². The Morgan fingerprint density at radius 3 is 2.76 bits per heavy atom. The second kappa shape index (κ2) is 6.18. The summed E-state index contributed by atoms with van der Waals surface area (Å²) < 4.78 is 2.08. The predicted molar refractivity (Wildman–Crippen MR) is 102 cm³/mol. The molecule has 4 aromatic rings. The minimum atomic E-state index is -0.109. The molecule has 1 N–H and O–H groups in total. The highest BCUT2D eigenvalue weighted by molar-refractivity contribution is 7.15. The SMILES string of the molecule is Cc1cccc(C(=O)Nc2cccc(-c3cn4c(C)csc4n3)c2)c1. The van der Waals surface area contributed by atoms with Crippen molar-refractivity contribution < 1.29 is 4.79 Å². The molecule has 0 saturated carbocycles. The van der Waals surface area contributed by atoms with Gasteiger partial charge < -0.3 is 5.32 Å². The Morgan fingerprint density at radius 1 is 1.12 bits per heavy atom. The first kappa shape index (κ1) is 15.6. The van der Waals surface area contributed by atoms with Gasteiger partial charge in [-0.2, -0.15) is 0 Å². The molecule has 0 aliphatic heterocycles. The zero-order valence-corrected chi connectivity index (χ0v) is 14.8. The molecule has 0 unspecified atom stereocenters. The number of fused-ring (bicyclic) bond motifs is 1. The molecule has 0 saturated heterocycles. The van der Waals surface area contributed by atoms with Crippen molar-refractivity contribution in [2.24, 2.45) is 0 Å². The summed E-state index contributed by atoms with van der Waals surface area (Å²) in [5, 5.41) is 5.05. The number of carbonyl (C=O) groups is 1. The molecule has 0 radical (unpaired) electrons.